The number of ether oxygens (including phenoxy) is 1. The van der Waals surface area contributed by atoms with E-state index in [1.165, 1.54) is 6.07 Å². The van der Waals surface area contributed by atoms with Crippen molar-refractivity contribution >= 4 is 46.5 Å². The minimum atomic E-state index is -1.11. The Hall–Kier alpha value is -2.06. The molecule has 25 heavy (non-hydrogen) atoms. The zero-order valence-corrected chi connectivity index (χ0v) is 15.5. The number of aromatic carboxylic acids is 1. The summed E-state index contributed by atoms with van der Waals surface area (Å²) in [6, 6.07) is 9.90. The van der Waals surface area contributed by atoms with Crippen molar-refractivity contribution in [3.8, 4) is 17.6 Å². The first-order valence-electron chi connectivity index (χ1n) is 7.17. The average molecular weight is 399 g/mol. The lowest BCUT2D eigenvalue weighted by molar-refractivity contribution is 0.0693. The molecule has 1 N–H and O–H groups in total. The van der Waals surface area contributed by atoms with Crippen LogP contribution in [0.4, 0.5) is 5.69 Å². The quantitative estimate of drug-likeness (QED) is 0.731. The fourth-order valence-electron chi connectivity index (χ4n) is 2.03. The molecule has 0 aromatic heterocycles. The van der Waals surface area contributed by atoms with Crippen LogP contribution in [0.1, 0.15) is 10.4 Å². The van der Waals surface area contributed by atoms with Gasteiger partial charge in [0.1, 0.15) is 12.2 Å². The van der Waals surface area contributed by atoms with E-state index in [2.05, 4.69) is 11.8 Å². The second-order valence-corrected chi connectivity index (χ2v) is 6.19. The highest BCUT2D eigenvalue weighted by Gasteiger charge is 2.14. The smallest absolute Gasteiger partial charge is 0.339 e. The molecule has 7 heteroatoms. The molecule has 0 aliphatic carbocycles. The van der Waals surface area contributed by atoms with Crippen molar-refractivity contribution in [2.24, 2.45) is 0 Å². The van der Waals surface area contributed by atoms with E-state index in [9.17, 15) is 4.79 Å². The molecule has 0 spiro atoms. The molecule has 0 saturated heterocycles. The lowest BCUT2D eigenvalue weighted by Crippen LogP contribution is -2.17. The highest BCUT2D eigenvalue weighted by atomic mass is 35.5. The third kappa shape index (κ3) is 4.96. The number of carboxylic acids is 1. The van der Waals surface area contributed by atoms with Crippen molar-refractivity contribution in [1.29, 1.82) is 0 Å². The highest BCUT2D eigenvalue weighted by molar-refractivity contribution is 6.43. The molecular formula is C18H14Cl3NO3. The Morgan fingerprint density at radius 3 is 2.52 bits per heavy atom. The zero-order chi connectivity index (χ0) is 18.4. The van der Waals surface area contributed by atoms with Crippen LogP contribution in [0.2, 0.25) is 15.1 Å². The fraction of sp³-hybridized carbons (Fsp3) is 0.167. The number of halogens is 3. The van der Waals surface area contributed by atoms with Crippen LogP contribution in [0.5, 0.6) is 5.75 Å². The van der Waals surface area contributed by atoms with Crippen molar-refractivity contribution in [3.63, 3.8) is 0 Å². The molecule has 0 amide bonds. The second-order valence-electron chi connectivity index (χ2n) is 4.99. The van der Waals surface area contributed by atoms with E-state index in [-0.39, 0.29) is 22.9 Å². The van der Waals surface area contributed by atoms with Gasteiger partial charge >= 0.3 is 5.97 Å². The van der Waals surface area contributed by atoms with Gasteiger partial charge in [0.15, 0.2) is 5.75 Å². The van der Waals surface area contributed by atoms with Gasteiger partial charge in [-0.3, -0.25) is 0 Å². The molecule has 0 atom stereocenters. The molecule has 2 aromatic rings. The molecule has 2 rings (SSSR count). The fourth-order valence-corrected chi connectivity index (χ4v) is 2.70. The summed E-state index contributed by atoms with van der Waals surface area (Å²) in [5.74, 6) is 4.75. The Balaban J connectivity index is 1.98. The lowest BCUT2D eigenvalue weighted by Gasteiger charge is -2.18. The van der Waals surface area contributed by atoms with E-state index in [4.69, 9.17) is 44.6 Å². The molecule has 0 aliphatic rings. The Kier molecular flexibility index (Phi) is 6.83. The van der Waals surface area contributed by atoms with Crippen LogP contribution in [0, 0.1) is 11.8 Å². The van der Waals surface area contributed by atoms with Crippen LogP contribution >= 0.6 is 34.8 Å². The van der Waals surface area contributed by atoms with Crippen molar-refractivity contribution in [3.05, 3.63) is 57.0 Å². The second kappa shape index (κ2) is 8.87. The monoisotopic (exact) mass is 397 g/mol. The molecule has 0 heterocycles. The van der Waals surface area contributed by atoms with E-state index in [0.717, 1.165) is 5.69 Å². The van der Waals surface area contributed by atoms with Gasteiger partial charge in [-0.25, -0.2) is 4.79 Å². The molecule has 0 fully saturated rings. The maximum absolute atomic E-state index is 11.2. The van der Waals surface area contributed by atoms with Crippen LogP contribution in [0.15, 0.2) is 36.4 Å². The van der Waals surface area contributed by atoms with Gasteiger partial charge in [0, 0.05) is 7.05 Å². The minimum absolute atomic E-state index is 0.00266. The topological polar surface area (TPSA) is 49.8 Å². The van der Waals surface area contributed by atoms with Gasteiger partial charge in [0.05, 0.1) is 27.3 Å². The summed E-state index contributed by atoms with van der Waals surface area (Å²) < 4.78 is 5.41. The van der Waals surface area contributed by atoms with E-state index < -0.39 is 5.97 Å². The number of nitrogens with zero attached hydrogens (tertiary/aromatic N) is 1. The van der Waals surface area contributed by atoms with Crippen molar-refractivity contribution in [2.75, 3.05) is 25.1 Å². The first-order chi connectivity index (χ1) is 11.9. The van der Waals surface area contributed by atoms with Crippen LogP contribution in [-0.4, -0.2) is 31.3 Å². The summed E-state index contributed by atoms with van der Waals surface area (Å²) in [6.45, 7) is 0.416. The Morgan fingerprint density at radius 2 is 1.80 bits per heavy atom. The van der Waals surface area contributed by atoms with E-state index in [0.29, 0.717) is 16.6 Å². The first kappa shape index (κ1) is 19.3. The highest BCUT2D eigenvalue weighted by Crippen LogP contribution is 2.31. The van der Waals surface area contributed by atoms with Crippen LogP contribution in [0.3, 0.4) is 0 Å². The summed E-state index contributed by atoms with van der Waals surface area (Å²) in [7, 11) is 1.84. The van der Waals surface area contributed by atoms with Crippen molar-refractivity contribution < 1.29 is 14.6 Å². The maximum Gasteiger partial charge on any atom is 0.339 e. The standard InChI is InChI=1S/C18H14Cl3NO3/c1-22(15-9-5-7-13(19)16(15)21)10-2-3-11-25-17-12(18(23)24)6-4-8-14(17)20/h4-9H,10-11H2,1H3,(H,23,24). The number of hydrogen-bond donors (Lipinski definition) is 1. The third-order valence-corrected chi connectivity index (χ3v) is 4.38. The number of carbonyl (C=O) groups is 1. The van der Waals surface area contributed by atoms with Crippen LogP contribution in [0.25, 0.3) is 0 Å². The lowest BCUT2D eigenvalue weighted by atomic mass is 10.2. The number of hydrogen-bond acceptors (Lipinski definition) is 3. The van der Waals surface area contributed by atoms with E-state index in [1.54, 1.807) is 24.3 Å². The van der Waals surface area contributed by atoms with Gasteiger partial charge in [-0.1, -0.05) is 58.8 Å². The van der Waals surface area contributed by atoms with Crippen LogP contribution < -0.4 is 9.64 Å². The van der Waals surface area contributed by atoms with Gasteiger partial charge < -0.3 is 14.7 Å². The molecule has 2 aromatic carbocycles. The Bertz CT molecular complexity index is 843. The molecule has 0 saturated carbocycles. The summed E-state index contributed by atoms with van der Waals surface area (Å²) >= 11 is 18.1. The SMILES string of the molecule is CN(CC#CCOc1c(Cl)cccc1C(=O)O)c1cccc(Cl)c1Cl. The van der Waals surface area contributed by atoms with Gasteiger partial charge in [-0.2, -0.15) is 0 Å². The van der Waals surface area contributed by atoms with Gasteiger partial charge in [0.25, 0.3) is 0 Å². The maximum atomic E-state index is 11.2. The number of benzene rings is 2. The summed E-state index contributed by atoms with van der Waals surface area (Å²) in [5.41, 5.74) is 0.765. The third-order valence-electron chi connectivity index (χ3n) is 3.27. The number of carboxylic acid groups (broad SMARTS) is 1. The molecule has 0 bridgehead atoms. The predicted molar refractivity (Wildman–Crippen MR) is 101 cm³/mol. The zero-order valence-electron chi connectivity index (χ0n) is 13.2. The summed E-state index contributed by atoms with van der Waals surface area (Å²) in [5, 5.41) is 10.3. The van der Waals surface area contributed by atoms with Crippen molar-refractivity contribution in [2.45, 2.75) is 0 Å². The first-order valence-corrected chi connectivity index (χ1v) is 8.30. The molecule has 0 unspecified atom stereocenters. The van der Waals surface area contributed by atoms with Gasteiger partial charge in [-0.15, -0.1) is 0 Å². The summed E-state index contributed by atoms with van der Waals surface area (Å²) in [6.07, 6.45) is 0. The van der Waals surface area contributed by atoms with Crippen molar-refractivity contribution in [1.82, 2.24) is 0 Å². The number of para-hydroxylation sites is 1. The Labute approximate surface area is 160 Å². The minimum Gasteiger partial charge on any atom is -0.478 e. The Morgan fingerprint density at radius 1 is 1.12 bits per heavy atom. The average Bonchev–Trinajstić information content (AvgIpc) is 2.57. The molecule has 4 nitrogen and oxygen atoms in total. The summed E-state index contributed by atoms with van der Waals surface area (Å²) in [4.78, 5) is 13.0. The molecule has 0 radical (unpaired) electrons. The molecular weight excluding hydrogens is 385 g/mol. The van der Waals surface area contributed by atoms with Gasteiger partial charge in [0.2, 0.25) is 0 Å². The normalized spacial score (nSPS) is 9.92. The molecule has 130 valence electrons. The number of anilines is 1. The predicted octanol–water partition coefficient (Wildman–Crippen LogP) is 4.86. The van der Waals surface area contributed by atoms with E-state index >= 15 is 0 Å². The number of rotatable bonds is 5. The van der Waals surface area contributed by atoms with E-state index in [1.807, 2.05) is 18.0 Å². The van der Waals surface area contributed by atoms with Crippen LogP contribution in [-0.2, 0) is 0 Å². The largest absolute Gasteiger partial charge is 0.478 e. The van der Waals surface area contributed by atoms with Gasteiger partial charge in [-0.05, 0) is 24.3 Å². The molecule has 0 aliphatic heterocycles.